The number of carbonyl (C=O) groups excluding carboxylic acids is 1. The number of rotatable bonds is 5. The van der Waals surface area contributed by atoms with Gasteiger partial charge in [0, 0.05) is 25.2 Å². The Morgan fingerprint density at radius 3 is 1.95 bits per heavy atom. The Morgan fingerprint density at radius 1 is 0.952 bits per heavy atom. The molecule has 0 N–H and O–H groups in total. The predicted molar refractivity (Wildman–Crippen MR) is 84.4 cm³/mol. The summed E-state index contributed by atoms with van der Waals surface area (Å²) in [5, 5.41) is 0. The molecule has 1 aliphatic heterocycles. The van der Waals surface area contributed by atoms with Crippen molar-refractivity contribution < 1.29 is 9.53 Å². The van der Waals surface area contributed by atoms with Crippen LogP contribution in [0.4, 0.5) is 0 Å². The first kappa shape index (κ1) is 15.5. The van der Waals surface area contributed by atoms with Gasteiger partial charge in [-0.2, -0.15) is 0 Å². The lowest BCUT2D eigenvalue weighted by molar-refractivity contribution is -0.118. The van der Waals surface area contributed by atoms with E-state index in [4.69, 9.17) is 4.74 Å². The van der Waals surface area contributed by atoms with Gasteiger partial charge >= 0.3 is 0 Å². The van der Waals surface area contributed by atoms with Crippen LogP contribution in [0.1, 0.15) is 70.6 Å². The number of hydrogen-bond acceptors (Lipinski definition) is 3. The molecule has 2 saturated carbocycles. The summed E-state index contributed by atoms with van der Waals surface area (Å²) < 4.78 is 5.57. The first-order valence-corrected chi connectivity index (χ1v) is 9.13. The van der Waals surface area contributed by atoms with Gasteiger partial charge in [-0.1, -0.05) is 38.5 Å². The van der Waals surface area contributed by atoms with Gasteiger partial charge in [-0.05, 0) is 32.1 Å². The van der Waals surface area contributed by atoms with Crippen molar-refractivity contribution in [2.24, 2.45) is 5.41 Å². The maximum Gasteiger partial charge on any atom is 0.129 e. The first-order chi connectivity index (χ1) is 10.3. The molecule has 0 amide bonds. The van der Waals surface area contributed by atoms with Crippen molar-refractivity contribution in [3.8, 4) is 0 Å². The largest absolute Gasteiger partial charge is 0.380 e. The van der Waals surface area contributed by atoms with Gasteiger partial charge in [0.15, 0.2) is 0 Å². The molecule has 0 aromatic carbocycles. The Morgan fingerprint density at radius 2 is 1.52 bits per heavy atom. The third-order valence-corrected chi connectivity index (χ3v) is 5.97. The highest BCUT2D eigenvalue weighted by Crippen LogP contribution is 2.35. The number of aldehydes is 1. The quantitative estimate of drug-likeness (QED) is 0.726. The van der Waals surface area contributed by atoms with Crippen LogP contribution in [0.5, 0.6) is 0 Å². The van der Waals surface area contributed by atoms with Crippen LogP contribution < -0.4 is 0 Å². The molecule has 1 unspecified atom stereocenters. The maximum atomic E-state index is 11.7. The second-order valence-electron chi connectivity index (χ2n) is 7.54. The van der Waals surface area contributed by atoms with Crippen molar-refractivity contribution in [3.05, 3.63) is 0 Å². The lowest BCUT2D eigenvalue weighted by Gasteiger charge is -2.44. The fourth-order valence-corrected chi connectivity index (χ4v) is 4.62. The number of carbonyl (C=O) groups is 1. The van der Waals surface area contributed by atoms with Crippen molar-refractivity contribution in [3.63, 3.8) is 0 Å². The summed E-state index contributed by atoms with van der Waals surface area (Å²) in [6.45, 7) is 2.36. The topological polar surface area (TPSA) is 29.5 Å². The fraction of sp³-hybridized carbons (Fsp3) is 0.944. The van der Waals surface area contributed by atoms with Crippen molar-refractivity contribution >= 4 is 6.29 Å². The van der Waals surface area contributed by atoms with Crippen LogP contribution in [-0.4, -0.2) is 43.0 Å². The molecule has 0 aromatic rings. The highest BCUT2D eigenvalue weighted by Gasteiger charge is 2.40. The Labute approximate surface area is 129 Å². The predicted octanol–water partition coefficient (Wildman–Crippen LogP) is 3.56. The molecule has 21 heavy (non-hydrogen) atoms. The van der Waals surface area contributed by atoms with Crippen LogP contribution in [0.3, 0.4) is 0 Å². The van der Waals surface area contributed by atoms with E-state index in [-0.39, 0.29) is 5.41 Å². The number of nitrogens with zero attached hydrogens (tertiary/aromatic N) is 1. The zero-order valence-corrected chi connectivity index (χ0v) is 13.4. The van der Waals surface area contributed by atoms with Crippen molar-refractivity contribution in [2.45, 2.75) is 82.7 Å². The Hall–Kier alpha value is -0.410. The van der Waals surface area contributed by atoms with Crippen molar-refractivity contribution in [2.75, 3.05) is 19.8 Å². The van der Waals surface area contributed by atoms with E-state index in [2.05, 4.69) is 4.90 Å². The Balaban J connectivity index is 1.72. The van der Waals surface area contributed by atoms with Gasteiger partial charge in [0.2, 0.25) is 0 Å². The molecule has 1 heterocycles. The van der Waals surface area contributed by atoms with Crippen LogP contribution in [0.2, 0.25) is 0 Å². The molecule has 3 heteroatoms. The molecule has 1 saturated heterocycles. The molecule has 3 nitrogen and oxygen atoms in total. The lowest BCUT2D eigenvalue weighted by atomic mass is 9.83. The molecular weight excluding hydrogens is 262 g/mol. The standard InChI is InChI=1S/C18H31NO2/c20-14-18(11-12-21-15-18)13-19(16-7-3-1-4-8-16)17-9-5-2-6-10-17/h14,16-17H,1-13,15H2. The molecule has 0 radical (unpaired) electrons. The summed E-state index contributed by atoms with van der Waals surface area (Å²) in [5.41, 5.74) is -0.213. The van der Waals surface area contributed by atoms with E-state index >= 15 is 0 Å². The third-order valence-electron chi connectivity index (χ3n) is 5.97. The molecule has 0 aromatic heterocycles. The molecule has 3 rings (SSSR count). The zero-order chi connectivity index (χ0) is 14.5. The zero-order valence-electron chi connectivity index (χ0n) is 13.4. The highest BCUT2D eigenvalue weighted by molar-refractivity contribution is 5.60. The van der Waals surface area contributed by atoms with Gasteiger partial charge in [-0.15, -0.1) is 0 Å². The molecule has 0 bridgehead atoms. The van der Waals surface area contributed by atoms with E-state index in [0.29, 0.717) is 6.61 Å². The normalized spacial score (nSPS) is 32.6. The van der Waals surface area contributed by atoms with Crippen LogP contribution in [0.25, 0.3) is 0 Å². The average Bonchev–Trinajstić information content (AvgIpc) is 3.04. The maximum absolute atomic E-state index is 11.7. The third kappa shape index (κ3) is 3.68. The molecular formula is C18H31NO2. The van der Waals surface area contributed by atoms with Gasteiger partial charge in [0.1, 0.15) is 6.29 Å². The van der Waals surface area contributed by atoms with Crippen LogP contribution >= 0.6 is 0 Å². The summed E-state index contributed by atoms with van der Waals surface area (Å²) >= 11 is 0. The van der Waals surface area contributed by atoms with Crippen molar-refractivity contribution in [1.29, 1.82) is 0 Å². The number of ether oxygens (including phenoxy) is 1. The fourth-order valence-electron chi connectivity index (χ4n) is 4.62. The van der Waals surface area contributed by atoms with E-state index in [1.807, 2.05) is 0 Å². The van der Waals surface area contributed by atoms with Gasteiger partial charge in [-0.25, -0.2) is 0 Å². The number of hydrogen-bond donors (Lipinski definition) is 0. The molecule has 2 aliphatic carbocycles. The summed E-state index contributed by atoms with van der Waals surface area (Å²) in [6.07, 6.45) is 15.8. The molecule has 1 atom stereocenters. The summed E-state index contributed by atoms with van der Waals surface area (Å²) in [7, 11) is 0. The highest BCUT2D eigenvalue weighted by atomic mass is 16.5. The second kappa shape index (κ2) is 7.23. The second-order valence-corrected chi connectivity index (χ2v) is 7.54. The van der Waals surface area contributed by atoms with E-state index in [9.17, 15) is 4.79 Å². The van der Waals surface area contributed by atoms with Crippen LogP contribution in [0.15, 0.2) is 0 Å². The lowest BCUT2D eigenvalue weighted by Crippen LogP contribution is -2.51. The minimum Gasteiger partial charge on any atom is -0.380 e. The van der Waals surface area contributed by atoms with E-state index in [1.54, 1.807) is 0 Å². The Bertz CT molecular complexity index is 308. The minimum absolute atomic E-state index is 0.213. The van der Waals surface area contributed by atoms with E-state index < -0.39 is 0 Å². The SMILES string of the molecule is O=CC1(CN(C2CCCCC2)C2CCCCC2)CCOC1. The molecule has 0 spiro atoms. The van der Waals surface area contributed by atoms with Gasteiger partial charge in [0.25, 0.3) is 0 Å². The van der Waals surface area contributed by atoms with E-state index in [1.165, 1.54) is 70.5 Å². The summed E-state index contributed by atoms with van der Waals surface area (Å²) in [6, 6.07) is 1.44. The molecule has 3 aliphatic rings. The van der Waals surface area contributed by atoms with E-state index in [0.717, 1.165) is 31.7 Å². The monoisotopic (exact) mass is 293 g/mol. The molecule has 120 valence electrons. The van der Waals surface area contributed by atoms with Gasteiger partial charge in [-0.3, -0.25) is 4.90 Å². The van der Waals surface area contributed by atoms with Gasteiger partial charge in [0.05, 0.1) is 12.0 Å². The summed E-state index contributed by atoms with van der Waals surface area (Å²) in [5.74, 6) is 0. The van der Waals surface area contributed by atoms with Crippen molar-refractivity contribution in [1.82, 2.24) is 4.90 Å². The summed E-state index contributed by atoms with van der Waals surface area (Å²) in [4.78, 5) is 14.5. The van der Waals surface area contributed by atoms with Crippen LogP contribution in [0, 0.1) is 5.41 Å². The van der Waals surface area contributed by atoms with Crippen LogP contribution in [-0.2, 0) is 9.53 Å². The first-order valence-electron chi connectivity index (χ1n) is 9.13. The molecule has 3 fully saturated rings. The average molecular weight is 293 g/mol. The minimum atomic E-state index is -0.213. The van der Waals surface area contributed by atoms with Gasteiger partial charge < -0.3 is 9.53 Å². The Kier molecular flexibility index (Phi) is 5.33. The smallest absolute Gasteiger partial charge is 0.129 e.